The molecule has 4 rings (SSSR count). The molecule has 1 N–H and O–H groups in total. The molecule has 1 aliphatic rings. The van der Waals surface area contributed by atoms with Crippen LogP contribution in [-0.2, 0) is 16.7 Å². The van der Waals surface area contributed by atoms with Crippen molar-refractivity contribution in [3.8, 4) is 0 Å². The van der Waals surface area contributed by atoms with E-state index in [-0.39, 0.29) is 12.0 Å². The quantitative estimate of drug-likeness (QED) is 0.640. The zero-order valence-electron chi connectivity index (χ0n) is 15.4. The number of hydrogen-bond acceptors (Lipinski definition) is 2. The minimum absolute atomic E-state index is 0.0776. The molecule has 1 fully saturated rings. The number of aryl methyl sites for hydroxylation is 1. The van der Waals surface area contributed by atoms with Crippen LogP contribution in [0.4, 0.5) is 0 Å². The number of aliphatic hydroxyl groups excluding tert-OH is 1. The van der Waals surface area contributed by atoms with Crippen LogP contribution in [0.3, 0.4) is 0 Å². The van der Waals surface area contributed by atoms with Crippen molar-refractivity contribution < 1.29 is 9.84 Å². The fraction of sp³-hybridized carbons (Fsp3) is 0.391. The first-order valence-corrected chi connectivity index (χ1v) is 9.59. The van der Waals surface area contributed by atoms with Gasteiger partial charge in [-0.3, -0.25) is 0 Å². The number of nitrogens with zero attached hydrogens (tertiary/aromatic N) is 1. The van der Waals surface area contributed by atoms with Gasteiger partial charge in [0.25, 0.3) is 0 Å². The smallest absolute Gasteiger partial charge is 0.0698 e. The molecule has 2 aromatic carbocycles. The highest BCUT2D eigenvalue weighted by Gasteiger charge is 2.42. The lowest BCUT2D eigenvalue weighted by Gasteiger charge is -2.43. The van der Waals surface area contributed by atoms with Crippen molar-refractivity contribution in [3.05, 3.63) is 71.4 Å². The first kappa shape index (κ1) is 17.3. The molecule has 1 aliphatic carbocycles. The van der Waals surface area contributed by atoms with E-state index in [1.807, 2.05) is 0 Å². The highest BCUT2D eigenvalue weighted by atomic mass is 16.5. The Kier molecular flexibility index (Phi) is 4.84. The van der Waals surface area contributed by atoms with Gasteiger partial charge in [0.05, 0.1) is 19.8 Å². The van der Waals surface area contributed by atoms with E-state index in [9.17, 15) is 0 Å². The van der Waals surface area contributed by atoms with Gasteiger partial charge < -0.3 is 14.4 Å². The summed E-state index contributed by atoms with van der Waals surface area (Å²) < 4.78 is 7.81. The van der Waals surface area contributed by atoms with Crippen molar-refractivity contribution >= 4 is 10.9 Å². The van der Waals surface area contributed by atoms with E-state index in [2.05, 4.69) is 66.2 Å². The Labute approximate surface area is 155 Å². The number of fused-ring (bicyclic) bond motifs is 1. The van der Waals surface area contributed by atoms with Gasteiger partial charge >= 0.3 is 0 Å². The van der Waals surface area contributed by atoms with Gasteiger partial charge in [-0.1, -0.05) is 54.4 Å². The lowest BCUT2D eigenvalue weighted by atomic mass is 9.60. The molecular formula is C23H27NO2. The second-order valence-electron chi connectivity index (χ2n) is 7.39. The van der Waals surface area contributed by atoms with Gasteiger partial charge in [0.2, 0.25) is 0 Å². The average molecular weight is 349 g/mol. The van der Waals surface area contributed by atoms with E-state index >= 15 is 0 Å². The van der Waals surface area contributed by atoms with Crippen LogP contribution in [0.1, 0.15) is 36.0 Å². The van der Waals surface area contributed by atoms with Crippen molar-refractivity contribution in [1.82, 2.24) is 4.57 Å². The zero-order valence-corrected chi connectivity index (χ0v) is 15.4. The molecule has 0 radical (unpaired) electrons. The van der Waals surface area contributed by atoms with Crippen molar-refractivity contribution in [2.24, 2.45) is 0 Å². The van der Waals surface area contributed by atoms with Gasteiger partial charge in [-0.15, -0.1) is 0 Å². The first-order chi connectivity index (χ1) is 12.7. The van der Waals surface area contributed by atoms with Crippen LogP contribution in [0.15, 0.2) is 54.7 Å². The largest absolute Gasteiger partial charge is 0.394 e. The minimum atomic E-state index is 0.0776. The summed E-state index contributed by atoms with van der Waals surface area (Å²) in [5.41, 5.74) is 5.61. The molecule has 1 heterocycles. The Bertz CT molecular complexity index is 875. The second kappa shape index (κ2) is 7.26. The van der Waals surface area contributed by atoms with E-state index in [0.717, 1.165) is 6.54 Å². The Morgan fingerprint density at radius 1 is 1.04 bits per heavy atom. The molecule has 0 aliphatic heterocycles. The van der Waals surface area contributed by atoms with Crippen molar-refractivity contribution in [2.75, 3.05) is 19.8 Å². The Morgan fingerprint density at radius 3 is 2.50 bits per heavy atom. The fourth-order valence-corrected chi connectivity index (χ4v) is 4.26. The molecule has 0 unspecified atom stereocenters. The maximum absolute atomic E-state index is 8.90. The van der Waals surface area contributed by atoms with Gasteiger partial charge in [0, 0.05) is 29.1 Å². The highest BCUT2D eigenvalue weighted by Crippen LogP contribution is 2.51. The van der Waals surface area contributed by atoms with Crippen LogP contribution in [-0.4, -0.2) is 29.5 Å². The molecule has 1 aromatic heterocycles. The van der Waals surface area contributed by atoms with E-state index in [1.54, 1.807) is 0 Å². The Hall–Kier alpha value is -2.10. The fourth-order valence-electron chi connectivity index (χ4n) is 4.26. The molecule has 0 amide bonds. The van der Waals surface area contributed by atoms with Crippen LogP contribution < -0.4 is 0 Å². The first-order valence-electron chi connectivity index (χ1n) is 9.59. The predicted octanol–water partition coefficient (Wildman–Crippen LogP) is 4.43. The molecule has 0 saturated heterocycles. The summed E-state index contributed by atoms with van der Waals surface area (Å²) in [6.07, 6.45) is 6.05. The monoisotopic (exact) mass is 349 g/mol. The van der Waals surface area contributed by atoms with Crippen LogP contribution in [0.2, 0.25) is 0 Å². The lowest BCUT2D eigenvalue weighted by Crippen LogP contribution is -2.35. The molecule has 26 heavy (non-hydrogen) atoms. The number of benzene rings is 2. The molecule has 3 heteroatoms. The average Bonchev–Trinajstić information content (AvgIpc) is 2.99. The van der Waals surface area contributed by atoms with Gasteiger partial charge in [0.1, 0.15) is 0 Å². The molecule has 3 nitrogen and oxygen atoms in total. The van der Waals surface area contributed by atoms with Crippen molar-refractivity contribution in [2.45, 2.75) is 38.1 Å². The lowest BCUT2D eigenvalue weighted by molar-refractivity contribution is 0.0875. The molecule has 0 spiro atoms. The van der Waals surface area contributed by atoms with Crippen LogP contribution in [0, 0.1) is 6.92 Å². The van der Waals surface area contributed by atoms with Gasteiger partial charge in [-0.25, -0.2) is 0 Å². The summed E-state index contributed by atoms with van der Waals surface area (Å²) in [5.74, 6) is 0. The molecule has 1 saturated carbocycles. The molecule has 136 valence electrons. The van der Waals surface area contributed by atoms with E-state index in [4.69, 9.17) is 9.84 Å². The minimum Gasteiger partial charge on any atom is -0.394 e. The zero-order chi connectivity index (χ0) is 18.0. The Morgan fingerprint density at radius 2 is 1.81 bits per heavy atom. The SMILES string of the molecule is Cc1ccc(C2(c3cn(CCOCCO)c4ccccc34)CCC2)cc1. The normalized spacial score (nSPS) is 15.9. The number of para-hydroxylation sites is 1. The Balaban J connectivity index is 1.74. The van der Waals surface area contributed by atoms with Crippen molar-refractivity contribution in [3.63, 3.8) is 0 Å². The van der Waals surface area contributed by atoms with Gasteiger partial charge in [-0.05, 0) is 37.0 Å². The third kappa shape index (κ3) is 2.95. The van der Waals surface area contributed by atoms with E-state index < -0.39 is 0 Å². The van der Waals surface area contributed by atoms with E-state index in [0.29, 0.717) is 13.2 Å². The van der Waals surface area contributed by atoms with Crippen LogP contribution in [0.25, 0.3) is 10.9 Å². The number of aliphatic hydroxyl groups is 1. The summed E-state index contributed by atoms with van der Waals surface area (Å²) in [6.45, 7) is 4.06. The van der Waals surface area contributed by atoms with Crippen LogP contribution >= 0.6 is 0 Å². The molecular weight excluding hydrogens is 322 g/mol. The maximum atomic E-state index is 8.90. The molecule has 0 bridgehead atoms. The summed E-state index contributed by atoms with van der Waals surface area (Å²) in [5, 5.41) is 10.3. The summed E-state index contributed by atoms with van der Waals surface area (Å²) in [6, 6.07) is 17.8. The summed E-state index contributed by atoms with van der Waals surface area (Å²) in [4.78, 5) is 0. The third-order valence-electron chi connectivity index (χ3n) is 5.83. The highest BCUT2D eigenvalue weighted by molar-refractivity contribution is 5.86. The van der Waals surface area contributed by atoms with Gasteiger partial charge in [0.15, 0.2) is 0 Å². The predicted molar refractivity (Wildman–Crippen MR) is 106 cm³/mol. The topological polar surface area (TPSA) is 34.4 Å². The van der Waals surface area contributed by atoms with Crippen LogP contribution in [0.5, 0.6) is 0 Å². The maximum Gasteiger partial charge on any atom is 0.0698 e. The van der Waals surface area contributed by atoms with Crippen molar-refractivity contribution in [1.29, 1.82) is 0 Å². The standard InChI is InChI=1S/C23H27NO2/c1-18-7-9-19(10-8-18)23(11-4-12-23)21-17-24(13-15-26-16-14-25)22-6-3-2-5-20(21)22/h2-3,5-10,17,25H,4,11-16H2,1H3. The third-order valence-corrected chi connectivity index (χ3v) is 5.83. The second-order valence-corrected chi connectivity index (χ2v) is 7.39. The molecule has 0 atom stereocenters. The number of aromatic nitrogens is 1. The summed E-state index contributed by atoms with van der Waals surface area (Å²) in [7, 11) is 0. The number of rotatable bonds is 7. The molecule has 3 aromatic rings. The van der Waals surface area contributed by atoms with Gasteiger partial charge in [-0.2, -0.15) is 0 Å². The number of ether oxygens (including phenoxy) is 1. The number of hydrogen-bond donors (Lipinski definition) is 1. The summed E-state index contributed by atoms with van der Waals surface area (Å²) >= 11 is 0. The van der Waals surface area contributed by atoms with E-state index in [1.165, 1.54) is 46.9 Å².